The first kappa shape index (κ1) is 42.2. The van der Waals surface area contributed by atoms with Crippen molar-refractivity contribution in [1.82, 2.24) is 19.5 Å². The van der Waals surface area contributed by atoms with Gasteiger partial charge >= 0.3 is 0 Å². The van der Waals surface area contributed by atoms with Gasteiger partial charge in [-0.3, -0.25) is 0 Å². The van der Waals surface area contributed by atoms with Crippen LogP contribution in [0.1, 0.15) is 0 Å². The Kier molecular flexibility index (Phi) is 9.20. The van der Waals surface area contributed by atoms with Crippen molar-refractivity contribution >= 4 is 87.6 Å². The Morgan fingerprint density at radius 3 is 1.64 bits per heavy atom. The van der Waals surface area contributed by atoms with E-state index in [9.17, 15) is 0 Å². The molecule has 0 fully saturated rings. The molecule has 0 aliphatic carbocycles. The average molecular weight is 973 g/mol. The largest absolute Gasteiger partial charge is 0.456 e. The summed E-state index contributed by atoms with van der Waals surface area (Å²) in [5.74, 6) is 1.65. The summed E-state index contributed by atoms with van der Waals surface area (Å²) < 4.78 is 22.4. The number of rotatable bonds is 7. The zero-order valence-corrected chi connectivity index (χ0v) is 40.6. The van der Waals surface area contributed by atoms with E-state index >= 15 is 0 Å². The second-order valence-electron chi connectivity index (χ2n) is 19.4. The lowest BCUT2D eigenvalue weighted by atomic mass is 9.96. The minimum atomic E-state index is 0.540. The zero-order chi connectivity index (χ0) is 49.8. The predicted octanol–water partition coefficient (Wildman–Crippen LogP) is 18.7. The Bertz CT molecular complexity index is 4990. The number of fused-ring (bicyclic) bond motifs is 12. The molecule has 0 aliphatic heterocycles. The topological polar surface area (TPSA) is 83.0 Å². The van der Waals surface area contributed by atoms with Crippen molar-refractivity contribution in [3.63, 3.8) is 0 Å². The summed E-state index contributed by atoms with van der Waals surface area (Å²) in [7, 11) is 0. The van der Waals surface area contributed by atoms with Crippen LogP contribution < -0.4 is 0 Å². The predicted molar refractivity (Wildman–Crippen MR) is 309 cm³/mol. The van der Waals surface area contributed by atoms with E-state index in [1.807, 2.05) is 54.6 Å². The van der Waals surface area contributed by atoms with Crippen LogP contribution in [0.3, 0.4) is 0 Å². The van der Waals surface area contributed by atoms with Crippen molar-refractivity contribution in [3.05, 3.63) is 243 Å². The number of hydrogen-bond donors (Lipinski definition) is 0. The summed E-state index contributed by atoms with van der Waals surface area (Å²) in [4.78, 5) is 15.6. The van der Waals surface area contributed by atoms with Crippen molar-refractivity contribution in [1.29, 1.82) is 0 Å². The highest BCUT2D eigenvalue weighted by Gasteiger charge is 2.22. The molecule has 0 atom stereocenters. The highest BCUT2D eigenvalue weighted by atomic mass is 16.3. The van der Waals surface area contributed by atoms with Gasteiger partial charge in [-0.25, -0.2) is 15.0 Å². The third-order valence-electron chi connectivity index (χ3n) is 15.1. The number of para-hydroxylation sites is 3. The summed E-state index contributed by atoms with van der Waals surface area (Å²) in [5.41, 5.74) is 17.3. The molecule has 7 nitrogen and oxygen atoms in total. The van der Waals surface area contributed by atoms with Crippen LogP contribution in [-0.4, -0.2) is 19.5 Å². The number of hydrogen-bond acceptors (Lipinski definition) is 6. The molecule has 0 N–H and O–H groups in total. The van der Waals surface area contributed by atoms with Gasteiger partial charge in [0.2, 0.25) is 0 Å². The van der Waals surface area contributed by atoms with Gasteiger partial charge in [0.1, 0.15) is 33.5 Å². The van der Waals surface area contributed by atoms with Gasteiger partial charge in [0.25, 0.3) is 0 Å². The standard InChI is InChI=1S/C69H40N4O3/c1-4-15-41(16-5-1)49-23-12-24-52-51-33-30-46(40-62(51)76-66(49)52)68-70-67(42-17-6-2-7-18-42)71-69(72-68)54-25-14-28-61-65(54)56-38-45(32-36-59(56)74-61)48-22-13-27-60-64(48)53-34-29-44(39-63(53)75-60)43-31-35-58-55(37-43)50-21-10-11-26-57(50)73(58)47-19-8-3-9-20-47/h1-40H. The summed E-state index contributed by atoms with van der Waals surface area (Å²) >= 11 is 0. The van der Waals surface area contributed by atoms with Gasteiger partial charge in [-0.15, -0.1) is 0 Å². The van der Waals surface area contributed by atoms with Crippen LogP contribution in [0.2, 0.25) is 0 Å². The fourth-order valence-electron chi connectivity index (χ4n) is 11.6. The van der Waals surface area contributed by atoms with Crippen molar-refractivity contribution < 1.29 is 13.3 Å². The summed E-state index contributed by atoms with van der Waals surface area (Å²) in [5, 5.41) is 8.51. The molecule has 0 spiro atoms. The van der Waals surface area contributed by atoms with Gasteiger partial charge in [-0.2, -0.15) is 0 Å². The van der Waals surface area contributed by atoms with E-state index in [0.29, 0.717) is 17.5 Å². The normalized spacial score (nSPS) is 11.9. The number of aromatic nitrogens is 4. The lowest BCUT2D eigenvalue weighted by Gasteiger charge is -2.09. The lowest BCUT2D eigenvalue weighted by Crippen LogP contribution is -2.00. The molecule has 76 heavy (non-hydrogen) atoms. The molecule has 7 heteroatoms. The molecule has 0 saturated carbocycles. The minimum Gasteiger partial charge on any atom is -0.456 e. The van der Waals surface area contributed by atoms with E-state index in [1.54, 1.807) is 0 Å². The first-order chi connectivity index (χ1) is 37.6. The molecule has 0 aliphatic rings. The average Bonchev–Trinajstić information content (AvgIpc) is 4.32. The van der Waals surface area contributed by atoms with Crippen LogP contribution in [0.4, 0.5) is 0 Å². The fourth-order valence-corrected chi connectivity index (χ4v) is 11.6. The van der Waals surface area contributed by atoms with Crippen molar-refractivity contribution in [3.8, 4) is 73.2 Å². The fraction of sp³-hybridized carbons (Fsp3) is 0. The molecule has 0 radical (unpaired) electrons. The molecule has 0 amide bonds. The van der Waals surface area contributed by atoms with Crippen LogP contribution >= 0.6 is 0 Å². The maximum atomic E-state index is 6.72. The van der Waals surface area contributed by atoms with Crippen molar-refractivity contribution in [2.75, 3.05) is 0 Å². The molecule has 5 heterocycles. The Balaban J connectivity index is 0.810. The Labute approximate surface area is 434 Å². The molecular weight excluding hydrogens is 933 g/mol. The van der Waals surface area contributed by atoms with Gasteiger partial charge in [-0.05, 0) is 107 Å². The minimum absolute atomic E-state index is 0.540. The maximum absolute atomic E-state index is 6.72. The second-order valence-corrected chi connectivity index (χ2v) is 19.4. The molecule has 354 valence electrons. The molecular formula is C69H40N4O3. The summed E-state index contributed by atoms with van der Waals surface area (Å²) in [6, 6.07) is 84.4. The molecule has 5 aromatic heterocycles. The Hall–Kier alpha value is -10.4. The van der Waals surface area contributed by atoms with Crippen molar-refractivity contribution in [2.45, 2.75) is 0 Å². The van der Waals surface area contributed by atoms with Crippen LogP contribution in [0.5, 0.6) is 0 Å². The molecule has 16 rings (SSSR count). The number of furan rings is 3. The highest BCUT2D eigenvalue weighted by Crippen LogP contribution is 2.44. The Morgan fingerprint density at radius 1 is 0.263 bits per heavy atom. The van der Waals surface area contributed by atoms with Gasteiger partial charge in [-0.1, -0.05) is 164 Å². The van der Waals surface area contributed by atoms with Crippen LogP contribution in [0.25, 0.3) is 161 Å². The lowest BCUT2D eigenvalue weighted by molar-refractivity contribution is 0.669. The summed E-state index contributed by atoms with van der Waals surface area (Å²) in [6.45, 7) is 0. The van der Waals surface area contributed by atoms with E-state index in [1.165, 1.54) is 21.8 Å². The highest BCUT2D eigenvalue weighted by molar-refractivity contribution is 6.17. The SMILES string of the molecule is c1ccc(-c2nc(-c3ccc4c(c3)oc3c(-c5ccccc5)cccc34)nc(-c3cccc4oc5ccc(-c6cccc7oc8cc(-c9ccc%10c(c9)c9ccccc9n%10-c9ccccc9)ccc8c67)cc5c34)n2)cc1. The number of benzene rings is 11. The van der Waals surface area contributed by atoms with Gasteiger partial charge < -0.3 is 17.8 Å². The first-order valence-corrected chi connectivity index (χ1v) is 25.5. The Morgan fingerprint density at radius 2 is 0.816 bits per heavy atom. The monoisotopic (exact) mass is 972 g/mol. The van der Waals surface area contributed by atoms with E-state index in [0.717, 1.165) is 122 Å². The van der Waals surface area contributed by atoms with Gasteiger partial charge in [0.15, 0.2) is 17.5 Å². The molecule has 0 saturated heterocycles. The van der Waals surface area contributed by atoms with E-state index < -0.39 is 0 Å². The smallest absolute Gasteiger partial charge is 0.164 e. The summed E-state index contributed by atoms with van der Waals surface area (Å²) in [6.07, 6.45) is 0. The van der Waals surface area contributed by atoms with Gasteiger partial charge in [0, 0.05) is 71.0 Å². The van der Waals surface area contributed by atoms with Crippen LogP contribution in [0.15, 0.2) is 256 Å². The van der Waals surface area contributed by atoms with E-state index in [-0.39, 0.29) is 0 Å². The first-order valence-electron chi connectivity index (χ1n) is 25.5. The van der Waals surface area contributed by atoms with Gasteiger partial charge in [0.05, 0.1) is 11.0 Å². The third-order valence-corrected chi connectivity index (χ3v) is 15.1. The quantitative estimate of drug-likeness (QED) is 0.158. The molecule has 16 aromatic rings. The molecule has 0 unspecified atom stereocenters. The van der Waals surface area contributed by atoms with Crippen LogP contribution in [-0.2, 0) is 0 Å². The van der Waals surface area contributed by atoms with Crippen molar-refractivity contribution in [2.24, 2.45) is 0 Å². The maximum Gasteiger partial charge on any atom is 0.164 e. The second kappa shape index (κ2) is 16.6. The van der Waals surface area contributed by atoms with E-state index in [2.05, 4.69) is 193 Å². The molecule has 11 aromatic carbocycles. The van der Waals surface area contributed by atoms with E-state index in [4.69, 9.17) is 28.2 Å². The molecule has 0 bridgehead atoms. The number of nitrogens with zero attached hydrogens (tertiary/aromatic N) is 4. The van der Waals surface area contributed by atoms with Crippen LogP contribution in [0, 0.1) is 0 Å². The zero-order valence-electron chi connectivity index (χ0n) is 40.6. The third kappa shape index (κ3) is 6.59.